The van der Waals surface area contributed by atoms with E-state index in [-0.39, 0.29) is 17.7 Å². The summed E-state index contributed by atoms with van der Waals surface area (Å²) < 4.78 is 0. The molecule has 4 nitrogen and oxygen atoms in total. The van der Waals surface area contributed by atoms with Crippen molar-refractivity contribution in [2.75, 3.05) is 12.3 Å². The highest BCUT2D eigenvalue weighted by Gasteiger charge is 2.44. The predicted molar refractivity (Wildman–Crippen MR) is 95.0 cm³/mol. The van der Waals surface area contributed by atoms with Gasteiger partial charge in [0.1, 0.15) is 5.54 Å². The molecule has 1 aromatic carbocycles. The number of thioether (sulfide) groups is 1. The zero-order chi connectivity index (χ0) is 16.6. The molecule has 3 aliphatic rings. The van der Waals surface area contributed by atoms with Crippen molar-refractivity contribution in [1.29, 1.82) is 0 Å². The molecule has 1 aromatic rings. The van der Waals surface area contributed by atoms with Crippen LogP contribution in [0.5, 0.6) is 0 Å². The van der Waals surface area contributed by atoms with Crippen LogP contribution < -0.4 is 10.6 Å². The first kappa shape index (κ1) is 16.0. The summed E-state index contributed by atoms with van der Waals surface area (Å²) in [5.74, 6) is 1.32. The largest absolute Gasteiger partial charge is 0.354 e. The molecular weight excluding hydrogens is 320 g/mol. The van der Waals surface area contributed by atoms with Gasteiger partial charge in [-0.3, -0.25) is 9.59 Å². The summed E-state index contributed by atoms with van der Waals surface area (Å²) >= 11 is 1.73. The first-order chi connectivity index (χ1) is 11.7. The molecule has 1 heterocycles. The van der Waals surface area contributed by atoms with E-state index < -0.39 is 5.54 Å². The van der Waals surface area contributed by atoms with E-state index in [1.165, 1.54) is 17.7 Å². The van der Waals surface area contributed by atoms with Crippen LogP contribution in [0.2, 0.25) is 0 Å². The molecule has 2 fully saturated rings. The maximum atomic E-state index is 12.9. The molecule has 0 bridgehead atoms. The number of amides is 2. The van der Waals surface area contributed by atoms with Crippen molar-refractivity contribution >= 4 is 23.6 Å². The molecule has 1 unspecified atom stereocenters. The molecule has 0 saturated heterocycles. The van der Waals surface area contributed by atoms with E-state index in [1.54, 1.807) is 11.8 Å². The van der Waals surface area contributed by atoms with Crippen molar-refractivity contribution in [2.45, 2.75) is 54.9 Å². The third-order valence-corrected chi connectivity index (χ3v) is 6.70. The van der Waals surface area contributed by atoms with Crippen LogP contribution in [0.15, 0.2) is 29.2 Å². The first-order valence-corrected chi connectivity index (χ1v) is 9.99. The van der Waals surface area contributed by atoms with Crippen LogP contribution >= 0.6 is 11.8 Å². The fraction of sp³-hybridized carbons (Fsp3) is 0.579. The van der Waals surface area contributed by atoms with Crippen LogP contribution in [0, 0.1) is 5.92 Å². The summed E-state index contributed by atoms with van der Waals surface area (Å²) in [7, 11) is 0. The van der Waals surface area contributed by atoms with E-state index in [2.05, 4.69) is 16.7 Å². The Labute approximate surface area is 147 Å². The SMILES string of the molecule is O=C(NC1(C(=O)NCC2CC2)CCCC1)C1CSc2ccccc21. The monoisotopic (exact) mass is 344 g/mol. The Morgan fingerprint density at radius 2 is 1.92 bits per heavy atom. The second-order valence-corrected chi connectivity index (χ2v) is 8.40. The van der Waals surface area contributed by atoms with Gasteiger partial charge >= 0.3 is 0 Å². The van der Waals surface area contributed by atoms with Gasteiger partial charge in [0.25, 0.3) is 0 Å². The minimum absolute atomic E-state index is 0.0101. The number of carbonyl (C=O) groups excluding carboxylic acids is 2. The molecule has 0 aromatic heterocycles. The quantitative estimate of drug-likeness (QED) is 0.863. The third-order valence-electron chi connectivity index (χ3n) is 5.52. The average Bonchev–Trinajstić information content (AvgIpc) is 3.12. The minimum Gasteiger partial charge on any atom is -0.354 e. The van der Waals surface area contributed by atoms with Gasteiger partial charge in [0, 0.05) is 17.2 Å². The summed E-state index contributed by atoms with van der Waals surface area (Å²) in [6.07, 6.45) is 5.97. The lowest BCUT2D eigenvalue weighted by Crippen LogP contribution is -2.58. The van der Waals surface area contributed by atoms with E-state index in [1.807, 2.05) is 18.2 Å². The third kappa shape index (κ3) is 3.06. The van der Waals surface area contributed by atoms with Crippen LogP contribution in [0.1, 0.15) is 50.0 Å². The van der Waals surface area contributed by atoms with E-state index in [0.29, 0.717) is 5.92 Å². The normalized spacial score (nSPS) is 24.4. The predicted octanol–water partition coefficient (Wildman–Crippen LogP) is 2.83. The van der Waals surface area contributed by atoms with Crippen molar-refractivity contribution < 1.29 is 9.59 Å². The second kappa shape index (κ2) is 6.43. The van der Waals surface area contributed by atoms with E-state index in [9.17, 15) is 9.59 Å². The number of fused-ring (bicyclic) bond motifs is 1. The van der Waals surface area contributed by atoms with Crippen LogP contribution in [-0.4, -0.2) is 29.7 Å². The number of carbonyl (C=O) groups is 2. The Balaban J connectivity index is 1.46. The van der Waals surface area contributed by atoms with Crippen molar-refractivity contribution in [3.63, 3.8) is 0 Å². The van der Waals surface area contributed by atoms with Crippen LogP contribution in [0.3, 0.4) is 0 Å². The molecule has 5 heteroatoms. The Bertz CT molecular complexity index is 651. The number of benzene rings is 1. The zero-order valence-electron chi connectivity index (χ0n) is 13.8. The van der Waals surface area contributed by atoms with Gasteiger partial charge in [-0.15, -0.1) is 11.8 Å². The van der Waals surface area contributed by atoms with Crippen molar-refractivity contribution in [3.05, 3.63) is 29.8 Å². The number of hydrogen-bond donors (Lipinski definition) is 2. The summed E-state index contributed by atoms with van der Waals surface area (Å²) in [4.78, 5) is 26.9. The Morgan fingerprint density at radius 3 is 2.67 bits per heavy atom. The van der Waals surface area contributed by atoms with Gasteiger partial charge in [0.05, 0.1) is 5.92 Å². The molecule has 1 atom stereocenters. The minimum atomic E-state index is -0.686. The highest BCUT2D eigenvalue weighted by Crippen LogP contribution is 2.40. The molecule has 128 valence electrons. The molecule has 24 heavy (non-hydrogen) atoms. The molecular formula is C19H24N2O2S. The fourth-order valence-electron chi connectivity index (χ4n) is 3.82. The fourth-order valence-corrected chi connectivity index (χ4v) is 5.05. The zero-order valence-corrected chi connectivity index (χ0v) is 14.7. The first-order valence-electron chi connectivity index (χ1n) is 9.00. The molecule has 2 amide bonds. The molecule has 4 rings (SSSR count). The second-order valence-electron chi connectivity index (χ2n) is 7.33. The summed E-state index contributed by atoms with van der Waals surface area (Å²) in [6, 6.07) is 8.10. The lowest BCUT2D eigenvalue weighted by atomic mass is 9.93. The van der Waals surface area contributed by atoms with Gasteiger partial charge in [0.15, 0.2) is 0 Å². The van der Waals surface area contributed by atoms with Gasteiger partial charge in [0.2, 0.25) is 11.8 Å². The standard InChI is InChI=1S/C19H24N2O2S/c22-17(15-12-24-16-6-2-1-5-14(15)16)21-19(9-3-4-10-19)18(23)20-11-13-7-8-13/h1-2,5-6,13,15H,3-4,7-12H2,(H,20,23)(H,21,22). The van der Waals surface area contributed by atoms with Crippen LogP contribution in [0.25, 0.3) is 0 Å². The average molecular weight is 344 g/mol. The van der Waals surface area contributed by atoms with E-state index >= 15 is 0 Å². The molecule has 0 radical (unpaired) electrons. The highest BCUT2D eigenvalue weighted by atomic mass is 32.2. The van der Waals surface area contributed by atoms with Gasteiger partial charge < -0.3 is 10.6 Å². The molecule has 2 aliphatic carbocycles. The summed E-state index contributed by atoms with van der Waals surface area (Å²) in [6.45, 7) is 0.762. The van der Waals surface area contributed by atoms with E-state index in [0.717, 1.165) is 43.5 Å². The highest BCUT2D eigenvalue weighted by molar-refractivity contribution is 7.99. The van der Waals surface area contributed by atoms with Crippen LogP contribution in [-0.2, 0) is 9.59 Å². The number of nitrogens with one attached hydrogen (secondary N) is 2. The number of hydrogen-bond acceptors (Lipinski definition) is 3. The maximum Gasteiger partial charge on any atom is 0.245 e. The van der Waals surface area contributed by atoms with Crippen molar-refractivity contribution in [3.8, 4) is 0 Å². The lowest BCUT2D eigenvalue weighted by molar-refractivity contribution is -0.134. The maximum absolute atomic E-state index is 12.9. The smallest absolute Gasteiger partial charge is 0.245 e. The Kier molecular flexibility index (Phi) is 4.29. The van der Waals surface area contributed by atoms with Crippen molar-refractivity contribution in [1.82, 2.24) is 10.6 Å². The lowest BCUT2D eigenvalue weighted by Gasteiger charge is -2.30. The van der Waals surface area contributed by atoms with Gasteiger partial charge in [-0.1, -0.05) is 31.0 Å². The molecule has 2 N–H and O–H groups in total. The van der Waals surface area contributed by atoms with Crippen molar-refractivity contribution in [2.24, 2.45) is 5.92 Å². The van der Waals surface area contributed by atoms with Gasteiger partial charge in [-0.2, -0.15) is 0 Å². The number of rotatable bonds is 5. The van der Waals surface area contributed by atoms with Crippen LogP contribution in [0.4, 0.5) is 0 Å². The Morgan fingerprint density at radius 1 is 1.17 bits per heavy atom. The van der Waals surface area contributed by atoms with Gasteiger partial charge in [-0.25, -0.2) is 0 Å². The summed E-state index contributed by atoms with van der Waals surface area (Å²) in [5, 5.41) is 6.24. The van der Waals surface area contributed by atoms with E-state index in [4.69, 9.17) is 0 Å². The summed E-state index contributed by atoms with van der Waals surface area (Å²) in [5.41, 5.74) is 0.417. The molecule has 1 aliphatic heterocycles. The van der Waals surface area contributed by atoms with Gasteiger partial charge in [-0.05, 0) is 43.2 Å². The molecule has 2 saturated carbocycles. The topological polar surface area (TPSA) is 58.2 Å². The Hall–Kier alpha value is -1.49. The molecule has 0 spiro atoms.